The Labute approximate surface area is 108 Å². The molecule has 0 radical (unpaired) electrons. The van der Waals surface area contributed by atoms with Crippen molar-refractivity contribution in [3.05, 3.63) is 11.6 Å². The van der Waals surface area contributed by atoms with Gasteiger partial charge < -0.3 is 5.32 Å². The van der Waals surface area contributed by atoms with Crippen molar-refractivity contribution in [3.63, 3.8) is 0 Å². The molecule has 1 heterocycles. The second-order valence-electron chi connectivity index (χ2n) is 6.48. The summed E-state index contributed by atoms with van der Waals surface area (Å²) in [7, 11) is 0. The first kappa shape index (κ1) is 13.1. The molecule has 5 nitrogen and oxygen atoms in total. The first-order chi connectivity index (χ1) is 8.30. The zero-order valence-electron chi connectivity index (χ0n) is 11.6. The lowest BCUT2D eigenvalue weighted by atomic mass is 9.96. The lowest BCUT2D eigenvalue weighted by Crippen LogP contribution is -2.44. The minimum absolute atomic E-state index is 0.0837. The van der Waals surface area contributed by atoms with E-state index in [2.05, 4.69) is 27.4 Å². The van der Waals surface area contributed by atoms with E-state index in [1.807, 2.05) is 20.8 Å². The zero-order valence-corrected chi connectivity index (χ0v) is 11.6. The van der Waals surface area contributed by atoms with E-state index >= 15 is 0 Å². The largest absolute Gasteiger partial charge is 0.344 e. The fourth-order valence-electron chi connectivity index (χ4n) is 2.31. The molecule has 0 saturated heterocycles. The van der Waals surface area contributed by atoms with E-state index in [9.17, 15) is 4.79 Å². The summed E-state index contributed by atoms with van der Waals surface area (Å²) in [6.07, 6.45) is 4.43. The van der Waals surface area contributed by atoms with Crippen LogP contribution in [0.1, 0.15) is 69.8 Å². The van der Waals surface area contributed by atoms with Gasteiger partial charge in [0.15, 0.2) is 0 Å². The molecule has 1 aromatic heterocycles. The lowest BCUT2D eigenvalue weighted by molar-refractivity contribution is 0.0897. The van der Waals surface area contributed by atoms with Gasteiger partial charge in [0.25, 0.3) is 5.91 Å². The second-order valence-corrected chi connectivity index (χ2v) is 6.48. The summed E-state index contributed by atoms with van der Waals surface area (Å²) in [6.45, 7) is 8.20. The normalized spacial score (nSPS) is 18.9. The van der Waals surface area contributed by atoms with E-state index in [4.69, 9.17) is 0 Å². The Morgan fingerprint density at radius 1 is 1.33 bits per heavy atom. The fourth-order valence-corrected chi connectivity index (χ4v) is 2.31. The molecule has 0 spiro atoms. The van der Waals surface area contributed by atoms with Gasteiger partial charge in [0.2, 0.25) is 5.82 Å². The van der Waals surface area contributed by atoms with E-state index in [0.29, 0.717) is 0 Å². The molecule has 0 atom stereocenters. The highest BCUT2D eigenvalue weighted by atomic mass is 16.2. The van der Waals surface area contributed by atoms with Crippen molar-refractivity contribution < 1.29 is 4.79 Å². The molecule has 1 aliphatic carbocycles. The Morgan fingerprint density at radius 3 is 2.44 bits per heavy atom. The number of nitrogens with zero attached hydrogens (tertiary/aromatic N) is 2. The molecule has 0 aromatic carbocycles. The topological polar surface area (TPSA) is 70.7 Å². The minimum Gasteiger partial charge on any atom is -0.344 e. The maximum atomic E-state index is 12.1. The van der Waals surface area contributed by atoms with Crippen molar-refractivity contribution in [2.45, 2.75) is 64.3 Å². The third kappa shape index (κ3) is 2.71. The number of rotatable bonds is 2. The SMILES string of the molecule is CC1(NC(=O)c2n[nH]c(C(C)(C)C)n2)CCCC1. The number of aromatic amines is 1. The van der Waals surface area contributed by atoms with Crippen LogP contribution in [0.15, 0.2) is 0 Å². The van der Waals surface area contributed by atoms with Crippen LogP contribution in [0.4, 0.5) is 0 Å². The smallest absolute Gasteiger partial charge is 0.291 e. The van der Waals surface area contributed by atoms with E-state index in [-0.39, 0.29) is 22.7 Å². The number of hydrogen-bond acceptors (Lipinski definition) is 3. The van der Waals surface area contributed by atoms with Crippen LogP contribution in [0.3, 0.4) is 0 Å². The summed E-state index contributed by atoms with van der Waals surface area (Å²) >= 11 is 0. The molecule has 18 heavy (non-hydrogen) atoms. The molecule has 1 aliphatic rings. The van der Waals surface area contributed by atoms with Crippen LogP contribution >= 0.6 is 0 Å². The highest BCUT2D eigenvalue weighted by Gasteiger charge is 2.32. The number of carbonyl (C=O) groups is 1. The van der Waals surface area contributed by atoms with Crippen molar-refractivity contribution in [2.75, 3.05) is 0 Å². The van der Waals surface area contributed by atoms with Crippen molar-refractivity contribution in [2.24, 2.45) is 0 Å². The minimum atomic E-state index is -0.175. The van der Waals surface area contributed by atoms with E-state index in [0.717, 1.165) is 18.7 Å². The standard InChI is InChI=1S/C13H22N4O/c1-12(2,3)11-14-9(16-17-11)10(18)15-13(4)7-5-6-8-13/h5-8H2,1-4H3,(H,15,18)(H,14,16,17). The van der Waals surface area contributed by atoms with Crippen LogP contribution in [-0.4, -0.2) is 26.6 Å². The molecule has 5 heteroatoms. The molecule has 0 bridgehead atoms. The molecule has 0 unspecified atom stereocenters. The Kier molecular flexibility index (Phi) is 3.17. The number of aromatic nitrogens is 3. The van der Waals surface area contributed by atoms with Gasteiger partial charge in [0.1, 0.15) is 5.82 Å². The molecule has 100 valence electrons. The van der Waals surface area contributed by atoms with Gasteiger partial charge in [0, 0.05) is 11.0 Å². The van der Waals surface area contributed by atoms with Crippen LogP contribution < -0.4 is 5.32 Å². The molecular weight excluding hydrogens is 228 g/mol. The van der Waals surface area contributed by atoms with Crippen LogP contribution in [0.25, 0.3) is 0 Å². The number of amides is 1. The molecule has 1 aromatic rings. The second kappa shape index (κ2) is 4.37. The number of H-pyrrole nitrogens is 1. The molecule has 1 fully saturated rings. The van der Waals surface area contributed by atoms with Gasteiger partial charge in [-0.1, -0.05) is 33.6 Å². The Bertz CT molecular complexity index is 438. The molecule has 1 amide bonds. The molecule has 2 rings (SSSR count). The van der Waals surface area contributed by atoms with E-state index < -0.39 is 0 Å². The summed E-state index contributed by atoms with van der Waals surface area (Å²) in [5.41, 5.74) is -0.206. The predicted octanol–water partition coefficient (Wildman–Crippen LogP) is 2.16. The Morgan fingerprint density at radius 2 is 1.94 bits per heavy atom. The highest BCUT2D eigenvalue weighted by Crippen LogP contribution is 2.29. The van der Waals surface area contributed by atoms with Crippen LogP contribution in [0.2, 0.25) is 0 Å². The summed E-state index contributed by atoms with van der Waals surface area (Å²) in [5.74, 6) is 0.809. The summed E-state index contributed by atoms with van der Waals surface area (Å²) in [4.78, 5) is 16.4. The maximum Gasteiger partial charge on any atom is 0.291 e. The molecule has 1 saturated carbocycles. The van der Waals surface area contributed by atoms with Crippen molar-refractivity contribution in [1.29, 1.82) is 0 Å². The Hall–Kier alpha value is -1.39. The third-order valence-corrected chi connectivity index (χ3v) is 3.52. The van der Waals surface area contributed by atoms with Crippen LogP contribution in [-0.2, 0) is 5.41 Å². The number of carbonyl (C=O) groups excluding carboxylic acids is 1. The van der Waals surface area contributed by atoms with Crippen molar-refractivity contribution in [1.82, 2.24) is 20.5 Å². The Balaban J connectivity index is 2.07. The monoisotopic (exact) mass is 250 g/mol. The summed E-state index contributed by atoms with van der Waals surface area (Å²) in [5, 5.41) is 9.90. The average Bonchev–Trinajstić information content (AvgIpc) is 2.84. The number of nitrogens with one attached hydrogen (secondary N) is 2. The quantitative estimate of drug-likeness (QED) is 0.845. The van der Waals surface area contributed by atoms with Gasteiger partial charge in [-0.2, -0.15) is 0 Å². The van der Waals surface area contributed by atoms with Gasteiger partial charge in [-0.15, -0.1) is 5.10 Å². The molecule has 2 N–H and O–H groups in total. The fraction of sp³-hybridized carbons (Fsp3) is 0.769. The first-order valence-electron chi connectivity index (χ1n) is 6.56. The number of hydrogen-bond donors (Lipinski definition) is 2. The zero-order chi connectivity index (χ0) is 13.4. The summed E-state index contributed by atoms with van der Waals surface area (Å²) < 4.78 is 0. The van der Waals surface area contributed by atoms with Gasteiger partial charge in [-0.3, -0.25) is 9.89 Å². The average molecular weight is 250 g/mol. The van der Waals surface area contributed by atoms with Gasteiger partial charge in [-0.05, 0) is 19.8 Å². The first-order valence-corrected chi connectivity index (χ1v) is 6.56. The van der Waals surface area contributed by atoms with E-state index in [1.165, 1.54) is 12.8 Å². The van der Waals surface area contributed by atoms with Crippen LogP contribution in [0, 0.1) is 0 Å². The third-order valence-electron chi connectivity index (χ3n) is 3.52. The van der Waals surface area contributed by atoms with Gasteiger partial charge in [-0.25, -0.2) is 4.98 Å². The predicted molar refractivity (Wildman–Crippen MR) is 69.4 cm³/mol. The summed E-state index contributed by atoms with van der Waals surface area (Å²) in [6, 6.07) is 0. The lowest BCUT2D eigenvalue weighted by Gasteiger charge is -2.24. The highest BCUT2D eigenvalue weighted by molar-refractivity contribution is 5.90. The molecule has 0 aliphatic heterocycles. The maximum absolute atomic E-state index is 12.1. The van der Waals surface area contributed by atoms with Gasteiger partial charge >= 0.3 is 0 Å². The van der Waals surface area contributed by atoms with Crippen molar-refractivity contribution >= 4 is 5.91 Å². The van der Waals surface area contributed by atoms with Gasteiger partial charge in [0.05, 0.1) is 0 Å². The van der Waals surface area contributed by atoms with Crippen molar-refractivity contribution in [3.8, 4) is 0 Å². The van der Waals surface area contributed by atoms with Crippen LogP contribution in [0.5, 0.6) is 0 Å². The molecular formula is C13H22N4O. The van der Waals surface area contributed by atoms with E-state index in [1.54, 1.807) is 0 Å².